The lowest BCUT2D eigenvalue weighted by molar-refractivity contribution is 0.182. The highest BCUT2D eigenvalue weighted by Gasteiger charge is 1.99. The van der Waals surface area contributed by atoms with E-state index >= 15 is 0 Å². The maximum Gasteiger partial charge on any atom is 0.0546 e. The van der Waals surface area contributed by atoms with Gasteiger partial charge in [-0.15, -0.1) is 0 Å². The molecule has 68 valence electrons. The van der Waals surface area contributed by atoms with Crippen molar-refractivity contribution in [3.8, 4) is 0 Å². The molecule has 3 heteroatoms. The topological polar surface area (TPSA) is 58.3 Å². The number of nitrogens with one attached hydrogen (secondary N) is 1. The van der Waals surface area contributed by atoms with Crippen LogP contribution in [0, 0.1) is 0 Å². The van der Waals surface area contributed by atoms with Gasteiger partial charge in [-0.1, -0.05) is 13.3 Å². The number of rotatable bonds is 6. The second-order valence-corrected chi connectivity index (χ2v) is 2.99. The zero-order chi connectivity index (χ0) is 8.69. The van der Waals surface area contributed by atoms with E-state index in [1.165, 1.54) is 0 Å². The number of hydrogen-bond donors (Lipinski definition) is 3. The first-order valence-electron chi connectivity index (χ1n) is 4.33. The van der Waals surface area contributed by atoms with Gasteiger partial charge >= 0.3 is 0 Å². The molecule has 11 heavy (non-hydrogen) atoms. The van der Waals surface area contributed by atoms with Gasteiger partial charge < -0.3 is 16.2 Å². The summed E-state index contributed by atoms with van der Waals surface area (Å²) in [7, 11) is 0. The van der Waals surface area contributed by atoms with Gasteiger partial charge in [0, 0.05) is 0 Å². The van der Waals surface area contributed by atoms with E-state index in [0.717, 1.165) is 25.8 Å². The second kappa shape index (κ2) is 6.58. The molecular formula is C8H20N2O. The molecule has 0 saturated heterocycles. The van der Waals surface area contributed by atoms with Gasteiger partial charge in [0.1, 0.15) is 0 Å². The molecule has 0 aromatic heterocycles. The first-order chi connectivity index (χ1) is 5.16. The Morgan fingerprint density at radius 3 is 2.55 bits per heavy atom. The third kappa shape index (κ3) is 7.78. The Bertz CT molecular complexity index is 86.2. The molecule has 0 aromatic rings. The standard InChI is InChI=1S/C8H20N2O/c1-3-4-8(9)10-6-5-7(2)11/h7-8,10-11H,3-6,9H2,1-2H3. The average Bonchev–Trinajstić information content (AvgIpc) is 1.87. The Morgan fingerprint density at radius 2 is 2.09 bits per heavy atom. The van der Waals surface area contributed by atoms with Crippen molar-refractivity contribution in [1.82, 2.24) is 5.32 Å². The van der Waals surface area contributed by atoms with Gasteiger partial charge in [0.2, 0.25) is 0 Å². The molecule has 0 saturated carbocycles. The molecular weight excluding hydrogens is 140 g/mol. The Labute approximate surface area is 69.0 Å². The van der Waals surface area contributed by atoms with Crippen molar-refractivity contribution in [2.45, 2.75) is 45.4 Å². The number of hydrogen-bond acceptors (Lipinski definition) is 3. The Kier molecular flexibility index (Phi) is 6.51. The highest BCUT2D eigenvalue weighted by Crippen LogP contribution is 1.91. The molecule has 0 heterocycles. The first-order valence-corrected chi connectivity index (χ1v) is 4.33. The fraction of sp³-hybridized carbons (Fsp3) is 1.00. The van der Waals surface area contributed by atoms with E-state index in [1.54, 1.807) is 6.92 Å². The summed E-state index contributed by atoms with van der Waals surface area (Å²) in [5.41, 5.74) is 5.68. The second-order valence-electron chi connectivity index (χ2n) is 2.99. The van der Waals surface area contributed by atoms with E-state index in [-0.39, 0.29) is 12.3 Å². The molecule has 0 bridgehead atoms. The van der Waals surface area contributed by atoms with Crippen molar-refractivity contribution in [3.05, 3.63) is 0 Å². The lowest BCUT2D eigenvalue weighted by Gasteiger charge is -2.12. The van der Waals surface area contributed by atoms with Crippen molar-refractivity contribution in [1.29, 1.82) is 0 Å². The molecule has 0 aliphatic heterocycles. The maximum atomic E-state index is 8.91. The van der Waals surface area contributed by atoms with Gasteiger partial charge in [-0.05, 0) is 26.3 Å². The van der Waals surface area contributed by atoms with Crippen LogP contribution >= 0.6 is 0 Å². The van der Waals surface area contributed by atoms with Crippen LogP contribution in [0.15, 0.2) is 0 Å². The SMILES string of the molecule is CCCC(N)NCCC(C)O. The first kappa shape index (κ1) is 10.9. The van der Waals surface area contributed by atoms with Crippen LogP contribution in [0.3, 0.4) is 0 Å². The molecule has 0 aliphatic rings. The van der Waals surface area contributed by atoms with Crippen LogP contribution in [0.4, 0.5) is 0 Å². The van der Waals surface area contributed by atoms with Crippen molar-refractivity contribution in [3.63, 3.8) is 0 Å². The van der Waals surface area contributed by atoms with E-state index in [4.69, 9.17) is 10.8 Å². The molecule has 3 nitrogen and oxygen atoms in total. The summed E-state index contributed by atoms with van der Waals surface area (Å²) in [6.07, 6.45) is 2.75. The van der Waals surface area contributed by atoms with Gasteiger partial charge in [0.05, 0.1) is 12.3 Å². The van der Waals surface area contributed by atoms with E-state index in [9.17, 15) is 0 Å². The van der Waals surface area contributed by atoms with Gasteiger partial charge in [0.15, 0.2) is 0 Å². The van der Waals surface area contributed by atoms with Crippen LogP contribution in [0.1, 0.15) is 33.1 Å². The predicted molar refractivity (Wildman–Crippen MR) is 47.2 cm³/mol. The number of aliphatic hydroxyl groups excluding tert-OH is 1. The zero-order valence-electron chi connectivity index (χ0n) is 7.51. The van der Waals surface area contributed by atoms with Gasteiger partial charge in [-0.2, -0.15) is 0 Å². The van der Waals surface area contributed by atoms with Crippen molar-refractivity contribution < 1.29 is 5.11 Å². The Morgan fingerprint density at radius 1 is 1.45 bits per heavy atom. The molecule has 0 fully saturated rings. The third-order valence-electron chi connectivity index (χ3n) is 1.57. The number of aliphatic hydroxyl groups is 1. The van der Waals surface area contributed by atoms with E-state index in [0.29, 0.717) is 0 Å². The van der Waals surface area contributed by atoms with Gasteiger partial charge in [0.25, 0.3) is 0 Å². The minimum absolute atomic E-state index is 0.0961. The van der Waals surface area contributed by atoms with E-state index in [1.807, 2.05) is 0 Å². The summed E-state index contributed by atoms with van der Waals surface area (Å²) in [5, 5.41) is 12.0. The smallest absolute Gasteiger partial charge is 0.0546 e. The zero-order valence-corrected chi connectivity index (χ0v) is 7.51. The summed E-state index contributed by atoms with van der Waals surface area (Å²) in [6.45, 7) is 4.70. The van der Waals surface area contributed by atoms with E-state index in [2.05, 4.69) is 12.2 Å². The monoisotopic (exact) mass is 160 g/mol. The fourth-order valence-corrected chi connectivity index (χ4v) is 0.891. The normalized spacial score (nSPS) is 16.4. The van der Waals surface area contributed by atoms with Crippen LogP contribution < -0.4 is 11.1 Å². The maximum absolute atomic E-state index is 8.91. The molecule has 4 N–H and O–H groups in total. The lowest BCUT2D eigenvalue weighted by Crippen LogP contribution is -2.38. The Balaban J connectivity index is 3.10. The summed E-state index contributed by atoms with van der Waals surface area (Å²) in [4.78, 5) is 0. The largest absolute Gasteiger partial charge is 0.393 e. The van der Waals surface area contributed by atoms with Crippen LogP contribution in [0.5, 0.6) is 0 Å². The molecule has 2 unspecified atom stereocenters. The average molecular weight is 160 g/mol. The molecule has 0 rings (SSSR count). The van der Waals surface area contributed by atoms with Crippen molar-refractivity contribution in [2.75, 3.05) is 6.54 Å². The molecule has 0 aliphatic carbocycles. The minimum Gasteiger partial charge on any atom is -0.393 e. The van der Waals surface area contributed by atoms with Crippen molar-refractivity contribution in [2.24, 2.45) is 5.73 Å². The molecule has 0 amide bonds. The summed E-state index contributed by atoms with van der Waals surface area (Å²) in [6, 6.07) is 0. The predicted octanol–water partition coefficient (Wildman–Crippen LogP) is 0.432. The van der Waals surface area contributed by atoms with Crippen LogP contribution in [-0.2, 0) is 0 Å². The quantitative estimate of drug-likeness (QED) is 0.494. The highest BCUT2D eigenvalue weighted by atomic mass is 16.3. The molecule has 0 spiro atoms. The Hall–Kier alpha value is -0.120. The fourth-order valence-electron chi connectivity index (χ4n) is 0.891. The highest BCUT2D eigenvalue weighted by molar-refractivity contribution is 4.59. The lowest BCUT2D eigenvalue weighted by atomic mass is 10.2. The summed E-state index contributed by atoms with van der Waals surface area (Å²) in [5.74, 6) is 0. The molecule has 0 aromatic carbocycles. The van der Waals surface area contributed by atoms with Gasteiger partial charge in [-0.3, -0.25) is 0 Å². The molecule has 2 atom stereocenters. The van der Waals surface area contributed by atoms with Gasteiger partial charge in [-0.25, -0.2) is 0 Å². The summed E-state index contributed by atoms with van der Waals surface area (Å²) >= 11 is 0. The van der Waals surface area contributed by atoms with E-state index < -0.39 is 0 Å². The van der Waals surface area contributed by atoms with Crippen LogP contribution in [-0.4, -0.2) is 23.9 Å². The van der Waals surface area contributed by atoms with Crippen molar-refractivity contribution >= 4 is 0 Å². The van der Waals surface area contributed by atoms with Crippen LogP contribution in [0.2, 0.25) is 0 Å². The molecule has 0 radical (unpaired) electrons. The number of nitrogens with two attached hydrogens (primary N) is 1. The minimum atomic E-state index is -0.226. The third-order valence-corrected chi connectivity index (χ3v) is 1.57. The summed E-state index contributed by atoms with van der Waals surface area (Å²) < 4.78 is 0. The van der Waals surface area contributed by atoms with Crippen LogP contribution in [0.25, 0.3) is 0 Å².